The number of fused-ring (bicyclic) bond motifs is 2. The van der Waals surface area contributed by atoms with Crippen molar-refractivity contribution >= 4 is 39.9 Å². The number of nitrogens with one attached hydrogen (secondary N) is 1. The van der Waals surface area contributed by atoms with E-state index in [0.29, 0.717) is 17.5 Å². The second kappa shape index (κ2) is 11.8. The molecule has 1 amide bonds. The van der Waals surface area contributed by atoms with Crippen molar-refractivity contribution in [3.05, 3.63) is 83.3 Å². The number of aliphatic carboxylic acids is 1. The molecule has 7 rings (SSSR count). The number of carbonyl (C=O) groups is 2. The average Bonchev–Trinajstić information content (AvgIpc) is 3.54. The van der Waals surface area contributed by atoms with Gasteiger partial charge in [-0.05, 0) is 98.7 Å². The molecule has 2 aliphatic rings. The van der Waals surface area contributed by atoms with Crippen molar-refractivity contribution in [2.75, 3.05) is 7.11 Å². The summed E-state index contributed by atoms with van der Waals surface area (Å²) in [7, 11) is 3.62. The predicted molar refractivity (Wildman–Crippen MR) is 179 cm³/mol. The van der Waals surface area contributed by atoms with Gasteiger partial charge in [0.2, 0.25) is 5.88 Å². The number of ether oxygens (including phenoxy) is 1. The van der Waals surface area contributed by atoms with Gasteiger partial charge in [-0.3, -0.25) is 4.79 Å². The van der Waals surface area contributed by atoms with Gasteiger partial charge in [-0.25, -0.2) is 14.8 Å². The summed E-state index contributed by atoms with van der Waals surface area (Å²) in [5.41, 5.74) is 6.84. The molecule has 0 bridgehead atoms. The first-order valence-corrected chi connectivity index (χ1v) is 16.1. The summed E-state index contributed by atoms with van der Waals surface area (Å²) in [6.07, 6.45) is 13.0. The van der Waals surface area contributed by atoms with Gasteiger partial charge < -0.3 is 24.3 Å². The number of nitrogens with zero attached hydrogens (tertiary/aromatic N) is 4. The molecule has 2 fully saturated rings. The Labute approximate surface area is 267 Å². The number of pyridine rings is 1. The van der Waals surface area contributed by atoms with Gasteiger partial charge in [-0.1, -0.05) is 25.3 Å². The zero-order chi connectivity index (χ0) is 32.0. The van der Waals surface area contributed by atoms with Crippen LogP contribution in [-0.2, 0) is 17.4 Å². The maximum absolute atomic E-state index is 14.0. The molecule has 2 saturated carbocycles. The zero-order valence-corrected chi connectivity index (χ0v) is 26.5. The van der Waals surface area contributed by atoms with Gasteiger partial charge in [-0.2, -0.15) is 0 Å². The summed E-state index contributed by atoms with van der Waals surface area (Å²) in [6.45, 7) is 2.14. The molecule has 0 saturated heterocycles. The molecule has 0 atom stereocenters. The monoisotopic (exact) mass is 617 g/mol. The number of hydrogen-bond acceptors (Lipinski definition) is 5. The van der Waals surface area contributed by atoms with Crippen LogP contribution in [0.4, 0.5) is 0 Å². The third kappa shape index (κ3) is 5.04. The van der Waals surface area contributed by atoms with Gasteiger partial charge >= 0.3 is 5.97 Å². The maximum Gasteiger partial charge on any atom is 0.328 e. The second-order valence-corrected chi connectivity index (χ2v) is 12.7. The molecule has 5 aromatic rings. The van der Waals surface area contributed by atoms with Crippen LogP contribution in [0.3, 0.4) is 0 Å². The molecule has 0 radical (unpaired) electrons. The van der Waals surface area contributed by atoms with E-state index in [1.165, 1.54) is 19.3 Å². The van der Waals surface area contributed by atoms with Gasteiger partial charge in [0.15, 0.2) is 0 Å². The molecule has 2 N–H and O–H groups in total. The van der Waals surface area contributed by atoms with Crippen LogP contribution in [0.1, 0.15) is 84.7 Å². The Morgan fingerprint density at radius 3 is 2.57 bits per heavy atom. The fraction of sp³-hybridized carbons (Fsp3) is 0.351. The van der Waals surface area contributed by atoms with Crippen LogP contribution in [0.2, 0.25) is 0 Å². The lowest BCUT2D eigenvalue weighted by atomic mass is 9.75. The smallest absolute Gasteiger partial charge is 0.328 e. The van der Waals surface area contributed by atoms with Crippen LogP contribution in [0, 0.1) is 6.92 Å². The van der Waals surface area contributed by atoms with Crippen molar-refractivity contribution < 1.29 is 19.4 Å². The first-order valence-electron chi connectivity index (χ1n) is 16.1. The van der Waals surface area contributed by atoms with Gasteiger partial charge in [0.1, 0.15) is 5.82 Å². The minimum absolute atomic E-state index is 0.121. The lowest BCUT2D eigenvalue weighted by Crippen LogP contribution is -2.52. The van der Waals surface area contributed by atoms with Crippen molar-refractivity contribution in [2.24, 2.45) is 7.05 Å². The van der Waals surface area contributed by atoms with Crippen molar-refractivity contribution in [3.8, 4) is 17.1 Å². The first-order chi connectivity index (χ1) is 22.3. The number of rotatable bonds is 8. The molecule has 2 aromatic carbocycles. The van der Waals surface area contributed by atoms with Crippen molar-refractivity contribution in [3.63, 3.8) is 0 Å². The third-order valence-electron chi connectivity index (χ3n) is 9.99. The highest BCUT2D eigenvalue weighted by atomic mass is 16.5. The van der Waals surface area contributed by atoms with E-state index in [9.17, 15) is 9.59 Å². The molecule has 3 heterocycles. The molecule has 9 heteroatoms. The number of aromatic nitrogens is 4. The highest BCUT2D eigenvalue weighted by Gasteiger charge is 2.44. The number of amides is 1. The van der Waals surface area contributed by atoms with E-state index in [4.69, 9.17) is 14.8 Å². The second-order valence-electron chi connectivity index (χ2n) is 12.7. The standard InChI is InChI=1S/C37H39N5O4/c1-23-28-22-25(14-16-30(28)42(26-9-5-4-6-10-26)33(23)27-11-7-20-38-35(27)46-3)34(45)40-37(18-8-19-37)36-39-29-15-12-24(13-17-32(43)44)21-31(29)41(36)2/h7,11-17,20-22,26H,4-6,8-10,18-19H2,1-3H3,(H,40,45)(H,43,44)/b17-13+. The Balaban J connectivity index is 1.26. The number of carboxylic acid groups (broad SMARTS) is 1. The normalized spacial score (nSPS) is 16.6. The summed E-state index contributed by atoms with van der Waals surface area (Å²) in [5.74, 6) is 0.300. The molecule has 236 valence electrons. The van der Waals surface area contributed by atoms with Gasteiger partial charge in [0.25, 0.3) is 5.91 Å². The molecule has 3 aromatic heterocycles. The Morgan fingerprint density at radius 2 is 1.85 bits per heavy atom. The Bertz CT molecular complexity index is 2010. The lowest BCUT2D eigenvalue weighted by Gasteiger charge is -2.41. The zero-order valence-electron chi connectivity index (χ0n) is 26.5. The van der Waals surface area contributed by atoms with E-state index in [0.717, 1.165) is 88.3 Å². The molecule has 46 heavy (non-hydrogen) atoms. The molecule has 9 nitrogen and oxygen atoms in total. The van der Waals surface area contributed by atoms with Crippen LogP contribution in [0.5, 0.6) is 5.88 Å². The largest absolute Gasteiger partial charge is 0.481 e. The van der Waals surface area contributed by atoms with Crippen molar-refractivity contribution in [1.82, 2.24) is 24.4 Å². The molecule has 0 spiro atoms. The lowest BCUT2D eigenvalue weighted by molar-refractivity contribution is -0.131. The van der Waals surface area contributed by atoms with Crippen molar-refractivity contribution in [1.29, 1.82) is 0 Å². The van der Waals surface area contributed by atoms with Crippen LogP contribution >= 0.6 is 0 Å². The van der Waals surface area contributed by atoms with Gasteiger partial charge in [-0.15, -0.1) is 0 Å². The van der Waals surface area contributed by atoms with E-state index in [-0.39, 0.29) is 5.91 Å². The minimum atomic E-state index is -0.992. The number of hydrogen-bond donors (Lipinski definition) is 2. The average molecular weight is 618 g/mol. The summed E-state index contributed by atoms with van der Waals surface area (Å²) >= 11 is 0. The molecular formula is C37H39N5O4. The van der Waals surface area contributed by atoms with E-state index in [2.05, 4.69) is 33.9 Å². The van der Waals surface area contributed by atoms with Crippen molar-refractivity contribution in [2.45, 2.75) is 69.9 Å². The predicted octanol–water partition coefficient (Wildman–Crippen LogP) is 7.32. The number of carboxylic acids is 1. The maximum atomic E-state index is 14.0. The fourth-order valence-electron chi connectivity index (χ4n) is 7.53. The SMILES string of the molecule is COc1ncccc1-c1c(C)c2cc(C(=O)NC3(c4nc5ccc(/C=C/C(=O)O)cc5n4C)CCC3)ccc2n1C1CCCCC1. The number of carbonyl (C=O) groups excluding carboxylic acids is 1. The summed E-state index contributed by atoms with van der Waals surface area (Å²) < 4.78 is 10.2. The first kappa shape index (κ1) is 29.8. The summed E-state index contributed by atoms with van der Waals surface area (Å²) in [4.78, 5) is 34.5. The Kier molecular flexibility index (Phi) is 7.63. The van der Waals surface area contributed by atoms with E-state index < -0.39 is 11.5 Å². The summed E-state index contributed by atoms with van der Waals surface area (Å²) in [5, 5.41) is 13.5. The highest BCUT2D eigenvalue weighted by Crippen LogP contribution is 2.44. The van der Waals surface area contributed by atoms with E-state index >= 15 is 0 Å². The Hall–Kier alpha value is -4.92. The van der Waals surface area contributed by atoms with Crippen LogP contribution in [0.15, 0.2) is 60.8 Å². The number of benzene rings is 2. The number of imidazole rings is 1. The van der Waals surface area contributed by atoms with E-state index in [1.807, 2.05) is 48.0 Å². The minimum Gasteiger partial charge on any atom is -0.481 e. The van der Waals surface area contributed by atoms with Gasteiger partial charge in [0.05, 0.1) is 34.9 Å². The van der Waals surface area contributed by atoms with Crippen LogP contribution < -0.4 is 10.1 Å². The topological polar surface area (TPSA) is 111 Å². The third-order valence-corrected chi connectivity index (χ3v) is 9.99. The molecule has 0 aliphatic heterocycles. The highest BCUT2D eigenvalue weighted by molar-refractivity contribution is 6.01. The molecule has 0 unspecified atom stereocenters. The quantitative estimate of drug-likeness (QED) is 0.177. The number of aryl methyl sites for hydroxylation is 2. The number of methoxy groups -OCH3 is 1. The molecule has 2 aliphatic carbocycles. The Morgan fingerprint density at radius 1 is 1.04 bits per heavy atom. The summed E-state index contributed by atoms with van der Waals surface area (Å²) in [6, 6.07) is 16.2. The van der Waals surface area contributed by atoms with Gasteiger partial charge in [0, 0.05) is 41.8 Å². The molecular weight excluding hydrogens is 578 g/mol. The van der Waals surface area contributed by atoms with Crippen LogP contribution in [-0.4, -0.2) is 43.2 Å². The fourth-order valence-corrected chi connectivity index (χ4v) is 7.53. The van der Waals surface area contributed by atoms with E-state index in [1.54, 1.807) is 19.4 Å². The van der Waals surface area contributed by atoms with Crippen LogP contribution in [0.25, 0.3) is 39.3 Å².